The summed E-state index contributed by atoms with van der Waals surface area (Å²) in [6.45, 7) is 12.7. The molecule has 1 heterocycles. The molecule has 1 amide bonds. The minimum atomic E-state index is -0.950. The van der Waals surface area contributed by atoms with E-state index in [9.17, 15) is 14.7 Å². The number of nitrogens with one attached hydrogen (secondary N) is 1. The topological polar surface area (TPSA) is 105 Å². The molecule has 4 N–H and O–H groups in total. The third-order valence-electron chi connectivity index (χ3n) is 6.78. The fourth-order valence-electron chi connectivity index (χ4n) is 4.62. The van der Waals surface area contributed by atoms with Gasteiger partial charge < -0.3 is 16.2 Å². The molecule has 0 unspecified atom stereocenters. The van der Waals surface area contributed by atoms with Crippen molar-refractivity contribution < 1.29 is 14.7 Å². The molecule has 0 spiro atoms. The van der Waals surface area contributed by atoms with E-state index in [1.54, 1.807) is 19.1 Å². The SMILES string of the molecule is Cc1ccc(-c2c(CC(=O)NCc3ccc(C(=O)O)c(C)c3C)c(C)nc(CC(C)C)c2CN)cc1.Cl. The van der Waals surface area contributed by atoms with Crippen LogP contribution in [-0.2, 0) is 30.7 Å². The summed E-state index contributed by atoms with van der Waals surface area (Å²) in [7, 11) is 0. The lowest BCUT2D eigenvalue weighted by Crippen LogP contribution is -2.26. The number of amides is 1. The van der Waals surface area contributed by atoms with Crippen molar-refractivity contribution in [3.8, 4) is 11.1 Å². The van der Waals surface area contributed by atoms with Crippen LogP contribution in [0.1, 0.15) is 69.0 Å². The average Bonchev–Trinajstić information content (AvgIpc) is 2.81. The van der Waals surface area contributed by atoms with Crippen molar-refractivity contribution in [1.82, 2.24) is 10.3 Å². The number of halogens is 1. The van der Waals surface area contributed by atoms with Gasteiger partial charge in [0.2, 0.25) is 5.91 Å². The van der Waals surface area contributed by atoms with E-state index in [0.717, 1.165) is 51.2 Å². The lowest BCUT2D eigenvalue weighted by atomic mass is 9.88. The van der Waals surface area contributed by atoms with Crippen LogP contribution in [0.3, 0.4) is 0 Å². The fourth-order valence-corrected chi connectivity index (χ4v) is 4.62. The molecule has 3 rings (SSSR count). The van der Waals surface area contributed by atoms with Gasteiger partial charge in [-0.2, -0.15) is 0 Å². The minimum Gasteiger partial charge on any atom is -0.478 e. The largest absolute Gasteiger partial charge is 0.478 e. The number of benzene rings is 2. The highest BCUT2D eigenvalue weighted by molar-refractivity contribution is 5.90. The molecule has 0 aliphatic carbocycles. The second-order valence-corrected chi connectivity index (χ2v) is 9.93. The molecule has 0 bridgehead atoms. The summed E-state index contributed by atoms with van der Waals surface area (Å²) < 4.78 is 0. The highest BCUT2D eigenvalue weighted by atomic mass is 35.5. The van der Waals surface area contributed by atoms with Gasteiger partial charge in [0.15, 0.2) is 0 Å². The van der Waals surface area contributed by atoms with Crippen molar-refractivity contribution in [3.63, 3.8) is 0 Å². The van der Waals surface area contributed by atoms with Gasteiger partial charge in [0.25, 0.3) is 0 Å². The van der Waals surface area contributed by atoms with E-state index in [1.807, 2.05) is 13.8 Å². The van der Waals surface area contributed by atoms with Crippen molar-refractivity contribution in [2.45, 2.75) is 67.5 Å². The number of aromatic carboxylic acids is 1. The number of nitrogens with zero attached hydrogens (tertiary/aromatic N) is 1. The second-order valence-electron chi connectivity index (χ2n) is 9.93. The molecule has 37 heavy (non-hydrogen) atoms. The highest BCUT2D eigenvalue weighted by Crippen LogP contribution is 2.33. The van der Waals surface area contributed by atoms with Crippen LogP contribution in [0.2, 0.25) is 0 Å². The predicted octanol–water partition coefficient (Wildman–Crippen LogP) is 5.62. The van der Waals surface area contributed by atoms with Crippen molar-refractivity contribution in [2.75, 3.05) is 0 Å². The summed E-state index contributed by atoms with van der Waals surface area (Å²) >= 11 is 0. The van der Waals surface area contributed by atoms with E-state index in [1.165, 1.54) is 5.56 Å². The first-order valence-electron chi connectivity index (χ1n) is 12.4. The summed E-state index contributed by atoms with van der Waals surface area (Å²) in [6, 6.07) is 11.7. The van der Waals surface area contributed by atoms with E-state index < -0.39 is 5.97 Å². The number of carbonyl (C=O) groups is 2. The van der Waals surface area contributed by atoms with Crippen LogP contribution >= 0.6 is 12.4 Å². The van der Waals surface area contributed by atoms with Crippen LogP contribution in [0.5, 0.6) is 0 Å². The third-order valence-corrected chi connectivity index (χ3v) is 6.78. The van der Waals surface area contributed by atoms with Crippen molar-refractivity contribution in [2.24, 2.45) is 11.7 Å². The first kappa shape index (κ1) is 30.0. The number of nitrogens with two attached hydrogens (primary N) is 1. The molecular weight excluding hydrogens is 486 g/mol. The Kier molecular flexibility index (Phi) is 10.4. The van der Waals surface area contributed by atoms with E-state index >= 15 is 0 Å². The number of carboxylic acids is 1. The zero-order valence-electron chi connectivity index (χ0n) is 22.6. The lowest BCUT2D eigenvalue weighted by Gasteiger charge is -2.21. The van der Waals surface area contributed by atoms with Gasteiger partial charge in [0, 0.05) is 24.5 Å². The van der Waals surface area contributed by atoms with Crippen molar-refractivity contribution in [3.05, 3.63) is 86.7 Å². The molecule has 6 nitrogen and oxygen atoms in total. The number of pyridine rings is 1. The molecule has 0 saturated carbocycles. The summed E-state index contributed by atoms with van der Waals surface area (Å²) in [4.78, 5) is 29.4. The zero-order chi connectivity index (χ0) is 26.6. The normalized spacial score (nSPS) is 10.8. The molecule has 2 aromatic carbocycles. The Hall–Kier alpha value is -3.22. The molecule has 0 atom stereocenters. The molecule has 7 heteroatoms. The molecule has 0 saturated heterocycles. The van der Waals surface area contributed by atoms with Crippen LogP contribution in [0.4, 0.5) is 0 Å². The number of hydrogen-bond acceptors (Lipinski definition) is 4. The second kappa shape index (κ2) is 12.8. The highest BCUT2D eigenvalue weighted by Gasteiger charge is 2.21. The van der Waals surface area contributed by atoms with Crippen LogP contribution in [0.15, 0.2) is 36.4 Å². The average molecular weight is 524 g/mol. The molecule has 3 aromatic rings. The van der Waals surface area contributed by atoms with Crippen LogP contribution in [-0.4, -0.2) is 22.0 Å². The molecule has 0 aliphatic rings. The van der Waals surface area contributed by atoms with E-state index in [-0.39, 0.29) is 30.3 Å². The standard InChI is InChI=1S/C30H37N3O3.ClH/c1-17(2)13-27-26(15-31)29(22-9-7-18(3)8-10-22)25(21(6)33-27)14-28(34)32-16-23-11-12-24(30(35)36)20(5)19(23)4;/h7-12,17H,13-16,31H2,1-6H3,(H,32,34)(H,35,36);1H. The quantitative estimate of drug-likeness (QED) is 0.337. The van der Waals surface area contributed by atoms with Gasteiger partial charge in [0.1, 0.15) is 0 Å². The van der Waals surface area contributed by atoms with Gasteiger partial charge in [-0.25, -0.2) is 4.79 Å². The maximum Gasteiger partial charge on any atom is 0.335 e. The third kappa shape index (κ3) is 6.96. The summed E-state index contributed by atoms with van der Waals surface area (Å²) in [5, 5.41) is 12.4. The molecular formula is C30H38ClN3O3. The van der Waals surface area contributed by atoms with E-state index in [4.69, 9.17) is 10.7 Å². The Balaban J connectivity index is 0.00000481. The predicted molar refractivity (Wildman–Crippen MR) is 151 cm³/mol. The maximum absolute atomic E-state index is 13.1. The molecule has 0 fully saturated rings. The summed E-state index contributed by atoms with van der Waals surface area (Å²) in [6.07, 6.45) is 1.01. The van der Waals surface area contributed by atoms with Gasteiger partial charge >= 0.3 is 5.97 Å². The van der Waals surface area contributed by atoms with Gasteiger partial charge in [0.05, 0.1) is 12.0 Å². The first-order valence-corrected chi connectivity index (χ1v) is 12.4. The van der Waals surface area contributed by atoms with E-state index in [2.05, 4.69) is 50.4 Å². The lowest BCUT2D eigenvalue weighted by molar-refractivity contribution is -0.120. The Morgan fingerprint density at radius 3 is 2.19 bits per heavy atom. The number of aryl methyl sites for hydroxylation is 2. The maximum atomic E-state index is 13.1. The van der Waals surface area contributed by atoms with Gasteiger partial charge in [-0.3, -0.25) is 9.78 Å². The Morgan fingerprint density at radius 1 is 0.973 bits per heavy atom. The summed E-state index contributed by atoms with van der Waals surface area (Å²) in [5.41, 5.74) is 16.0. The number of rotatable bonds is 9. The Morgan fingerprint density at radius 2 is 1.62 bits per heavy atom. The molecule has 0 radical (unpaired) electrons. The van der Waals surface area contributed by atoms with Crippen LogP contribution in [0.25, 0.3) is 11.1 Å². The number of aromatic nitrogens is 1. The summed E-state index contributed by atoms with van der Waals surface area (Å²) in [5.74, 6) is -0.636. The van der Waals surface area contributed by atoms with Crippen molar-refractivity contribution >= 4 is 24.3 Å². The van der Waals surface area contributed by atoms with Crippen LogP contribution < -0.4 is 11.1 Å². The van der Waals surface area contributed by atoms with Crippen LogP contribution in [0, 0.1) is 33.6 Å². The van der Waals surface area contributed by atoms with Gasteiger partial charge in [-0.1, -0.05) is 49.7 Å². The zero-order valence-corrected chi connectivity index (χ0v) is 23.4. The number of carbonyl (C=O) groups excluding carboxylic acids is 1. The molecule has 0 aliphatic heterocycles. The monoisotopic (exact) mass is 523 g/mol. The first-order chi connectivity index (χ1) is 17.0. The minimum absolute atomic E-state index is 0. The van der Waals surface area contributed by atoms with Gasteiger partial charge in [-0.15, -0.1) is 12.4 Å². The Bertz CT molecular complexity index is 1280. The smallest absolute Gasteiger partial charge is 0.335 e. The molecule has 1 aromatic heterocycles. The number of hydrogen-bond donors (Lipinski definition) is 3. The fraction of sp³-hybridized carbons (Fsp3) is 0.367. The number of carboxylic acid groups (broad SMARTS) is 1. The Labute approximate surface area is 226 Å². The van der Waals surface area contributed by atoms with Gasteiger partial charge in [-0.05, 0) is 85.0 Å². The van der Waals surface area contributed by atoms with E-state index in [0.29, 0.717) is 24.6 Å². The molecule has 198 valence electrons. The van der Waals surface area contributed by atoms with Crippen molar-refractivity contribution in [1.29, 1.82) is 0 Å².